The number of nitrogens with zero attached hydrogens (tertiary/aromatic N) is 2. The molecule has 1 N–H and O–H groups in total. The van der Waals surface area contributed by atoms with E-state index >= 15 is 0 Å². The molecule has 0 aliphatic heterocycles. The van der Waals surface area contributed by atoms with Gasteiger partial charge in [-0.05, 0) is 37.0 Å². The Kier molecular flexibility index (Phi) is 3.96. The Morgan fingerprint density at radius 3 is 3.00 bits per heavy atom. The molecular weight excluding hydrogens is 286 g/mol. The van der Waals surface area contributed by atoms with Crippen LogP contribution in [0.4, 0.5) is 0 Å². The molecule has 6 heteroatoms. The van der Waals surface area contributed by atoms with Crippen molar-refractivity contribution in [3.05, 3.63) is 46.7 Å². The minimum absolute atomic E-state index is 0.105. The molecule has 21 heavy (non-hydrogen) atoms. The first-order chi connectivity index (χ1) is 10.2. The zero-order valence-corrected chi connectivity index (χ0v) is 12.4. The Hall–Kier alpha value is -2.21. The normalized spacial score (nSPS) is 10.9. The van der Waals surface area contributed by atoms with Crippen LogP contribution in [0.2, 0.25) is 0 Å². The van der Waals surface area contributed by atoms with Gasteiger partial charge in [0.25, 0.3) is 5.91 Å². The summed E-state index contributed by atoms with van der Waals surface area (Å²) in [6.07, 6.45) is 1.63. The van der Waals surface area contributed by atoms with E-state index in [1.54, 1.807) is 6.92 Å². The van der Waals surface area contributed by atoms with Crippen molar-refractivity contribution in [1.29, 1.82) is 0 Å². The van der Waals surface area contributed by atoms with Crippen molar-refractivity contribution in [2.75, 3.05) is 6.54 Å². The molecule has 0 saturated carbocycles. The number of carbonyl (C=O) groups is 1. The number of benzene rings is 1. The number of aryl methyl sites for hydroxylation is 2. The van der Waals surface area contributed by atoms with Gasteiger partial charge in [0.05, 0.1) is 5.69 Å². The minimum Gasteiger partial charge on any atom is -0.461 e. The van der Waals surface area contributed by atoms with Crippen molar-refractivity contribution in [2.45, 2.75) is 19.8 Å². The third-order valence-electron chi connectivity index (χ3n) is 3.22. The molecule has 3 rings (SSSR count). The summed E-state index contributed by atoms with van der Waals surface area (Å²) in [6.45, 7) is 2.39. The van der Waals surface area contributed by atoms with Crippen LogP contribution in [-0.4, -0.2) is 22.0 Å². The molecule has 0 aliphatic rings. The Morgan fingerprint density at radius 1 is 1.38 bits per heavy atom. The first kappa shape index (κ1) is 13.8. The number of nitrogens with one attached hydrogen (secondary N) is 1. The summed E-state index contributed by atoms with van der Waals surface area (Å²) in [5.41, 5.74) is 1.58. The zero-order valence-electron chi connectivity index (χ0n) is 11.6. The van der Waals surface area contributed by atoms with Crippen LogP contribution in [0.5, 0.6) is 0 Å². The van der Waals surface area contributed by atoms with Crippen molar-refractivity contribution in [1.82, 2.24) is 14.9 Å². The van der Waals surface area contributed by atoms with Crippen LogP contribution in [0.15, 0.2) is 34.7 Å². The van der Waals surface area contributed by atoms with Crippen molar-refractivity contribution >= 4 is 28.4 Å². The monoisotopic (exact) mass is 301 g/mol. The third-order valence-corrected chi connectivity index (χ3v) is 4.05. The highest BCUT2D eigenvalue weighted by Crippen LogP contribution is 2.19. The number of rotatable bonds is 5. The summed E-state index contributed by atoms with van der Waals surface area (Å²) in [5, 5.41) is 7.82. The van der Waals surface area contributed by atoms with E-state index in [0.717, 1.165) is 41.1 Å². The Morgan fingerprint density at radius 2 is 2.24 bits per heavy atom. The van der Waals surface area contributed by atoms with Crippen LogP contribution in [0.25, 0.3) is 11.0 Å². The van der Waals surface area contributed by atoms with Crippen LogP contribution in [0.3, 0.4) is 0 Å². The minimum atomic E-state index is -0.105. The van der Waals surface area contributed by atoms with Gasteiger partial charge < -0.3 is 9.73 Å². The largest absolute Gasteiger partial charge is 0.461 e. The molecule has 2 heterocycles. The lowest BCUT2D eigenvalue weighted by molar-refractivity contribution is 0.0956. The second-order valence-electron chi connectivity index (χ2n) is 4.80. The van der Waals surface area contributed by atoms with E-state index in [9.17, 15) is 4.79 Å². The number of hydrogen-bond acceptors (Lipinski definition) is 5. The van der Waals surface area contributed by atoms with Gasteiger partial charge in [-0.3, -0.25) is 4.79 Å². The van der Waals surface area contributed by atoms with Gasteiger partial charge in [-0.15, -0.1) is 5.10 Å². The molecule has 5 nitrogen and oxygen atoms in total. The maximum absolute atomic E-state index is 11.9. The van der Waals surface area contributed by atoms with Gasteiger partial charge in [0.15, 0.2) is 0 Å². The van der Waals surface area contributed by atoms with Gasteiger partial charge in [0, 0.05) is 18.4 Å². The van der Waals surface area contributed by atoms with Crippen LogP contribution >= 0.6 is 11.5 Å². The lowest BCUT2D eigenvalue weighted by Gasteiger charge is -2.02. The van der Waals surface area contributed by atoms with Crippen LogP contribution in [-0.2, 0) is 6.42 Å². The predicted octanol–water partition coefficient (Wildman–Crippen LogP) is 2.96. The lowest BCUT2D eigenvalue weighted by Crippen LogP contribution is -2.24. The highest BCUT2D eigenvalue weighted by Gasteiger charge is 2.12. The predicted molar refractivity (Wildman–Crippen MR) is 81.5 cm³/mol. The van der Waals surface area contributed by atoms with Crippen molar-refractivity contribution in [2.24, 2.45) is 0 Å². The number of aromatic nitrogens is 2. The molecule has 0 saturated heterocycles. The fourth-order valence-electron chi connectivity index (χ4n) is 2.14. The van der Waals surface area contributed by atoms with Gasteiger partial charge in [-0.2, -0.15) is 0 Å². The molecule has 0 unspecified atom stereocenters. The summed E-state index contributed by atoms with van der Waals surface area (Å²) >= 11 is 1.12. The highest BCUT2D eigenvalue weighted by atomic mass is 32.1. The molecule has 3 aromatic rings. The molecule has 1 aromatic carbocycles. The number of amides is 1. The van der Waals surface area contributed by atoms with Gasteiger partial charge in [-0.1, -0.05) is 22.7 Å². The van der Waals surface area contributed by atoms with Gasteiger partial charge >= 0.3 is 0 Å². The lowest BCUT2D eigenvalue weighted by atomic mass is 10.2. The molecule has 1 amide bonds. The smallest absolute Gasteiger partial charge is 0.264 e. The van der Waals surface area contributed by atoms with Gasteiger partial charge in [0.1, 0.15) is 16.2 Å². The van der Waals surface area contributed by atoms with Crippen molar-refractivity contribution in [3.8, 4) is 0 Å². The Balaban J connectivity index is 1.50. The average molecular weight is 301 g/mol. The van der Waals surface area contributed by atoms with Gasteiger partial charge in [-0.25, -0.2) is 0 Å². The number of furan rings is 1. The quantitative estimate of drug-likeness (QED) is 0.736. The van der Waals surface area contributed by atoms with E-state index in [2.05, 4.69) is 21.0 Å². The molecule has 2 aromatic heterocycles. The second kappa shape index (κ2) is 6.05. The topological polar surface area (TPSA) is 68.0 Å². The molecule has 0 atom stereocenters. The molecule has 0 radical (unpaired) electrons. The molecule has 108 valence electrons. The van der Waals surface area contributed by atoms with E-state index in [-0.39, 0.29) is 5.91 Å². The maximum Gasteiger partial charge on any atom is 0.264 e. The maximum atomic E-state index is 11.9. The first-order valence-corrected chi connectivity index (χ1v) is 7.56. The summed E-state index contributed by atoms with van der Waals surface area (Å²) in [6, 6.07) is 9.99. The number of para-hydroxylation sites is 1. The number of hydrogen-bond donors (Lipinski definition) is 1. The standard InChI is InChI=1S/C15H15N3O2S/c1-10-14(21-18-17-10)15(19)16-8-4-6-12-9-11-5-2-3-7-13(11)20-12/h2-3,5,7,9H,4,6,8H2,1H3,(H,16,19). The summed E-state index contributed by atoms with van der Waals surface area (Å²) in [4.78, 5) is 12.5. The highest BCUT2D eigenvalue weighted by molar-refractivity contribution is 7.07. The Bertz CT molecular complexity index is 730. The van der Waals surface area contributed by atoms with E-state index in [1.165, 1.54) is 0 Å². The fourth-order valence-corrected chi connectivity index (χ4v) is 2.72. The number of carbonyl (C=O) groups excluding carboxylic acids is 1. The summed E-state index contributed by atoms with van der Waals surface area (Å²) < 4.78 is 9.49. The SMILES string of the molecule is Cc1nnsc1C(=O)NCCCc1cc2ccccc2o1. The molecule has 0 spiro atoms. The van der Waals surface area contributed by atoms with E-state index in [4.69, 9.17) is 4.42 Å². The molecular formula is C15H15N3O2S. The van der Waals surface area contributed by atoms with Crippen molar-refractivity contribution < 1.29 is 9.21 Å². The average Bonchev–Trinajstić information content (AvgIpc) is 3.08. The van der Waals surface area contributed by atoms with E-state index in [0.29, 0.717) is 17.1 Å². The van der Waals surface area contributed by atoms with E-state index in [1.807, 2.05) is 24.3 Å². The summed E-state index contributed by atoms with van der Waals surface area (Å²) in [5.74, 6) is 0.841. The van der Waals surface area contributed by atoms with Crippen molar-refractivity contribution in [3.63, 3.8) is 0 Å². The first-order valence-electron chi connectivity index (χ1n) is 6.78. The third kappa shape index (κ3) is 3.11. The number of fused-ring (bicyclic) bond motifs is 1. The van der Waals surface area contributed by atoms with Gasteiger partial charge in [0.2, 0.25) is 0 Å². The summed E-state index contributed by atoms with van der Waals surface area (Å²) in [7, 11) is 0. The van der Waals surface area contributed by atoms with E-state index < -0.39 is 0 Å². The van der Waals surface area contributed by atoms with Crippen LogP contribution in [0.1, 0.15) is 27.5 Å². The molecule has 0 aliphatic carbocycles. The zero-order chi connectivity index (χ0) is 14.7. The molecule has 0 bridgehead atoms. The fraction of sp³-hybridized carbons (Fsp3) is 0.267. The molecule has 0 fully saturated rings. The Labute approximate surface area is 126 Å². The van der Waals surface area contributed by atoms with Crippen LogP contribution in [0, 0.1) is 6.92 Å². The van der Waals surface area contributed by atoms with Crippen LogP contribution < -0.4 is 5.32 Å². The second-order valence-corrected chi connectivity index (χ2v) is 5.55.